The topological polar surface area (TPSA) is 467 Å². The van der Waals surface area contributed by atoms with Gasteiger partial charge >= 0.3 is 41.8 Å². The maximum atomic E-state index is 13.5. The van der Waals surface area contributed by atoms with Gasteiger partial charge in [-0.3, -0.25) is 0 Å². The van der Waals surface area contributed by atoms with Crippen LogP contribution in [0.1, 0.15) is 78.1 Å². The molecule has 0 unspecified atom stereocenters. The minimum atomic E-state index is -1.59. The summed E-state index contributed by atoms with van der Waals surface area (Å²) >= 11 is 0. The van der Waals surface area contributed by atoms with Crippen LogP contribution in [-0.2, 0) is 0 Å². The Hall–Kier alpha value is -12.8. The fourth-order valence-corrected chi connectivity index (χ4v) is 7.14. The van der Waals surface area contributed by atoms with Crippen molar-refractivity contribution in [2.45, 2.75) is 6.92 Å². The van der Waals surface area contributed by atoms with Crippen LogP contribution in [0.5, 0.6) is 121 Å². The van der Waals surface area contributed by atoms with Gasteiger partial charge in [-0.2, -0.15) is 0 Å². The Kier molecular flexibility index (Phi) is 15.7. The first-order chi connectivity index (χ1) is 39.7. The summed E-state index contributed by atoms with van der Waals surface area (Å²) in [5.41, 5.74) is -4.58. The summed E-state index contributed by atoms with van der Waals surface area (Å²) in [5, 5.41) is 146. The van der Waals surface area contributed by atoms with Gasteiger partial charge in [-0.15, -0.1) is 0 Å². The van der Waals surface area contributed by atoms with Crippen molar-refractivity contribution in [3.63, 3.8) is 0 Å². The molecule has 8 aromatic carbocycles. The van der Waals surface area contributed by atoms with Crippen molar-refractivity contribution in [3.05, 3.63) is 160 Å². The number of hydrogen-bond acceptors (Lipinski definition) is 28. The summed E-state index contributed by atoms with van der Waals surface area (Å²) in [4.78, 5) is 92.4. The molecule has 0 radical (unpaired) electrons. The Morgan fingerprint density at radius 3 is 0.643 bits per heavy atom. The predicted octanol–water partition coefficient (Wildman–Crippen LogP) is 6.41. The quantitative estimate of drug-likeness (QED) is 0.0318. The highest BCUT2D eigenvalue weighted by molar-refractivity contribution is 6.00. The smallest absolute Gasteiger partial charge is 0.343 e. The second-order valence-corrected chi connectivity index (χ2v) is 17.2. The molecule has 0 aliphatic carbocycles. The van der Waals surface area contributed by atoms with E-state index in [1.54, 1.807) is 18.2 Å². The third-order valence-electron chi connectivity index (χ3n) is 11.5. The molecule has 0 aromatic heterocycles. The number of rotatable bonds is 14. The molecule has 14 N–H and O–H groups in total. The lowest BCUT2D eigenvalue weighted by atomic mass is 10.1. The third-order valence-corrected chi connectivity index (χ3v) is 11.5. The number of phenolic OH excluding ortho intramolecular Hbond substituents is 14. The number of benzene rings is 8. The Morgan fingerprint density at radius 1 is 0.250 bits per heavy atom. The largest absolute Gasteiger partial charge is 0.508 e. The van der Waals surface area contributed by atoms with E-state index in [9.17, 15) is 105 Å². The zero-order valence-electron chi connectivity index (χ0n) is 41.9. The van der Waals surface area contributed by atoms with E-state index >= 15 is 0 Å². The van der Waals surface area contributed by atoms with E-state index in [-0.39, 0.29) is 11.3 Å². The molecule has 28 heteroatoms. The third kappa shape index (κ3) is 12.1. The van der Waals surface area contributed by atoms with Crippen molar-refractivity contribution in [2.75, 3.05) is 0 Å². The van der Waals surface area contributed by atoms with E-state index < -0.39 is 196 Å². The number of phenols is 14. The Morgan fingerprint density at radius 2 is 0.429 bits per heavy atom. The van der Waals surface area contributed by atoms with Crippen molar-refractivity contribution >= 4 is 41.8 Å². The number of hydrogen-bond donors (Lipinski definition) is 14. The molecule has 0 atom stereocenters. The van der Waals surface area contributed by atoms with Crippen molar-refractivity contribution in [2.24, 2.45) is 0 Å². The van der Waals surface area contributed by atoms with Crippen LogP contribution in [0.4, 0.5) is 0 Å². The molecule has 428 valence electrons. The number of para-hydroxylation sites is 1. The minimum absolute atomic E-state index is 0.00991. The highest BCUT2D eigenvalue weighted by atomic mass is 16.6. The van der Waals surface area contributed by atoms with Gasteiger partial charge < -0.3 is 105 Å². The van der Waals surface area contributed by atoms with Crippen LogP contribution in [0.25, 0.3) is 0 Å². The molecule has 0 amide bonds. The number of aromatic hydroxyl groups is 14. The maximum Gasteiger partial charge on any atom is 0.343 e. The normalized spacial score (nSPS) is 10.7. The van der Waals surface area contributed by atoms with Crippen molar-refractivity contribution in [3.8, 4) is 121 Å². The average Bonchev–Trinajstić information content (AvgIpc) is 3.64. The van der Waals surface area contributed by atoms with E-state index in [0.717, 1.165) is 24.3 Å². The van der Waals surface area contributed by atoms with E-state index in [1.165, 1.54) is 19.1 Å². The molecule has 0 aliphatic heterocycles. The number of carbonyl (C=O) groups excluding carboxylic acids is 7. The number of esters is 7. The van der Waals surface area contributed by atoms with Gasteiger partial charge in [0.15, 0.2) is 69.0 Å². The molecule has 0 saturated heterocycles. The first kappa shape index (κ1) is 57.4. The minimum Gasteiger partial charge on any atom is -0.508 e. The van der Waals surface area contributed by atoms with Crippen LogP contribution < -0.4 is 33.2 Å². The summed E-state index contributed by atoms with van der Waals surface area (Å²) in [6.45, 7) is 1.33. The van der Waals surface area contributed by atoms with Gasteiger partial charge in [0.05, 0.1) is 38.9 Å². The summed E-state index contributed by atoms with van der Waals surface area (Å²) in [6, 6.07) is 17.1. The maximum absolute atomic E-state index is 13.5. The van der Waals surface area contributed by atoms with Gasteiger partial charge in [0.2, 0.25) is 34.5 Å². The molecule has 0 spiro atoms. The fourth-order valence-electron chi connectivity index (χ4n) is 7.14. The molecule has 84 heavy (non-hydrogen) atoms. The van der Waals surface area contributed by atoms with E-state index in [0.29, 0.717) is 60.7 Å². The first-order valence-corrected chi connectivity index (χ1v) is 23.2. The molecule has 0 aliphatic rings. The van der Waals surface area contributed by atoms with E-state index in [2.05, 4.69) is 0 Å². The number of carbonyl (C=O) groups is 7. The molecule has 0 heterocycles. The van der Waals surface area contributed by atoms with Crippen LogP contribution >= 0.6 is 0 Å². The monoisotopic (exact) mass is 1160 g/mol. The zero-order chi connectivity index (χ0) is 61.2. The fraction of sp³-hybridized carbons (Fsp3) is 0.0179. The van der Waals surface area contributed by atoms with Gasteiger partial charge in [0, 0.05) is 5.56 Å². The van der Waals surface area contributed by atoms with Crippen LogP contribution in [0.2, 0.25) is 0 Å². The van der Waals surface area contributed by atoms with Crippen molar-refractivity contribution in [1.29, 1.82) is 0 Å². The second-order valence-electron chi connectivity index (χ2n) is 17.2. The van der Waals surface area contributed by atoms with Gasteiger partial charge in [-0.25, -0.2) is 33.6 Å². The first-order valence-electron chi connectivity index (χ1n) is 23.2. The summed E-state index contributed by atoms with van der Waals surface area (Å²) in [5.74, 6) is -30.0. The standard InChI is InChI=1S/C56H36O28/c1-21-30(57)7-22(8-31(21)58)51(72)79-39-16-24(10-33(60)45(39)66)53(74)81-41-18-26(12-35(62)47(41)68)55(76)83-43-20-28(14-37(64)49(43)70)56(77)84-42-19-27(13-36(63)48(42)69)54(75)82-40-17-25(11-34(61)46(40)67)52(73)80-38-15-23(9-32(59)44(38)65)50(71)78-29-5-3-2-4-6-29/h2-20,57-70H,1H3. The van der Waals surface area contributed by atoms with Crippen molar-refractivity contribution < 1.29 is 138 Å². The van der Waals surface area contributed by atoms with Crippen molar-refractivity contribution in [1.82, 2.24) is 0 Å². The lowest BCUT2D eigenvalue weighted by molar-refractivity contribution is 0.0698. The summed E-state index contributed by atoms with van der Waals surface area (Å²) < 4.78 is 35.8. The van der Waals surface area contributed by atoms with Crippen LogP contribution in [-0.4, -0.2) is 113 Å². The van der Waals surface area contributed by atoms with Gasteiger partial charge in [-0.1, -0.05) is 18.2 Å². The van der Waals surface area contributed by atoms with Crippen LogP contribution in [0.3, 0.4) is 0 Å². The summed E-state index contributed by atoms with van der Waals surface area (Å²) in [7, 11) is 0. The lowest BCUT2D eigenvalue weighted by Crippen LogP contribution is -2.14. The molecular weight excluding hydrogens is 1120 g/mol. The van der Waals surface area contributed by atoms with E-state index in [4.69, 9.17) is 33.2 Å². The highest BCUT2D eigenvalue weighted by Gasteiger charge is 2.29. The zero-order valence-corrected chi connectivity index (χ0v) is 41.9. The molecule has 0 fully saturated rings. The summed E-state index contributed by atoms with van der Waals surface area (Å²) in [6.07, 6.45) is 0. The predicted molar refractivity (Wildman–Crippen MR) is 274 cm³/mol. The Labute approximate surface area is 466 Å². The van der Waals surface area contributed by atoms with E-state index in [1.807, 2.05) is 0 Å². The van der Waals surface area contributed by atoms with Gasteiger partial charge in [-0.05, 0) is 104 Å². The molecule has 0 bridgehead atoms. The Bertz CT molecular complexity index is 4070. The molecular formula is C56H36O28. The molecule has 8 rings (SSSR count). The van der Waals surface area contributed by atoms with Crippen LogP contribution in [0, 0.1) is 6.92 Å². The second kappa shape index (κ2) is 22.9. The molecule has 28 nitrogen and oxygen atoms in total. The van der Waals surface area contributed by atoms with Gasteiger partial charge in [0.1, 0.15) is 17.2 Å². The molecule has 8 aromatic rings. The van der Waals surface area contributed by atoms with Crippen LogP contribution in [0.15, 0.2) is 115 Å². The average molecular weight is 1160 g/mol. The lowest BCUT2D eigenvalue weighted by Gasteiger charge is -2.14. The highest BCUT2D eigenvalue weighted by Crippen LogP contribution is 2.45. The molecule has 0 saturated carbocycles. The van der Waals surface area contributed by atoms with Gasteiger partial charge in [0.25, 0.3) is 0 Å². The Balaban J connectivity index is 0.961. The SMILES string of the molecule is Cc1c(O)cc(C(=O)Oc2cc(C(=O)Oc3cc(C(=O)Oc4cc(C(=O)Oc5cc(C(=O)Oc6cc(C(=O)Oc7cc(C(=O)Oc8ccccc8)cc(O)c7O)cc(O)c6O)cc(O)c5O)cc(O)c4O)cc(O)c3O)cc(O)c2O)cc1O. The number of ether oxygens (including phenoxy) is 7.